The third-order valence-electron chi connectivity index (χ3n) is 3.20. The minimum Gasteiger partial charge on any atom is -0.478 e. The molecule has 0 aliphatic carbocycles. The average molecular weight is 299 g/mol. The third kappa shape index (κ3) is 4.55. The van der Waals surface area contributed by atoms with Crippen LogP contribution in [0.25, 0.3) is 0 Å². The van der Waals surface area contributed by atoms with E-state index in [9.17, 15) is 4.79 Å². The Hall–Kier alpha value is -2.43. The van der Waals surface area contributed by atoms with Crippen molar-refractivity contribution in [1.82, 2.24) is 9.97 Å². The number of carbonyl (C=O) groups excluding carboxylic acids is 1. The van der Waals surface area contributed by atoms with Crippen molar-refractivity contribution in [3.63, 3.8) is 0 Å². The van der Waals surface area contributed by atoms with Crippen molar-refractivity contribution >= 4 is 11.6 Å². The summed E-state index contributed by atoms with van der Waals surface area (Å²) in [6, 6.07) is 9.43. The molecule has 1 aromatic heterocycles. The van der Waals surface area contributed by atoms with Crippen LogP contribution in [0.15, 0.2) is 36.7 Å². The van der Waals surface area contributed by atoms with Gasteiger partial charge in [0.05, 0.1) is 6.61 Å². The summed E-state index contributed by atoms with van der Waals surface area (Å²) >= 11 is 0. The molecule has 1 heterocycles. The van der Waals surface area contributed by atoms with E-state index >= 15 is 0 Å². The number of rotatable bonds is 7. The number of amides is 1. The number of ether oxygens (including phenoxy) is 1. The number of carbonyl (C=O) groups is 1. The summed E-state index contributed by atoms with van der Waals surface area (Å²) in [5, 5.41) is 2.83. The van der Waals surface area contributed by atoms with E-state index < -0.39 is 0 Å². The van der Waals surface area contributed by atoms with E-state index in [4.69, 9.17) is 4.74 Å². The molecule has 0 unspecified atom stereocenters. The monoisotopic (exact) mass is 299 g/mol. The second kappa shape index (κ2) is 8.12. The number of hydrogen-bond acceptors (Lipinski definition) is 4. The Morgan fingerprint density at radius 1 is 1.18 bits per heavy atom. The number of benzene rings is 1. The molecule has 0 saturated carbocycles. The summed E-state index contributed by atoms with van der Waals surface area (Å²) in [4.78, 5) is 20.1. The van der Waals surface area contributed by atoms with Crippen LogP contribution < -0.4 is 10.1 Å². The van der Waals surface area contributed by atoms with Crippen LogP contribution in [-0.2, 0) is 6.42 Å². The van der Waals surface area contributed by atoms with Gasteiger partial charge in [0, 0.05) is 11.8 Å². The van der Waals surface area contributed by atoms with Gasteiger partial charge in [0.25, 0.3) is 5.91 Å². The lowest BCUT2D eigenvalue weighted by atomic mass is 10.1. The van der Waals surface area contributed by atoms with Crippen LogP contribution in [0, 0.1) is 0 Å². The molecule has 0 radical (unpaired) electrons. The SMILES string of the molecule is CCCCc1ccc(NC(=O)c2cc(OCC)ncn2)cc1. The second-order valence-corrected chi connectivity index (χ2v) is 4.93. The van der Waals surface area contributed by atoms with Gasteiger partial charge in [-0.3, -0.25) is 4.79 Å². The zero-order valence-electron chi connectivity index (χ0n) is 13.0. The molecule has 2 aromatic rings. The maximum Gasteiger partial charge on any atom is 0.274 e. The highest BCUT2D eigenvalue weighted by Crippen LogP contribution is 2.14. The van der Waals surface area contributed by atoms with Crippen molar-refractivity contribution in [3.8, 4) is 5.88 Å². The standard InChI is InChI=1S/C17H21N3O2/c1-3-5-6-13-7-9-14(10-8-13)20-17(21)15-11-16(22-4-2)19-12-18-15/h7-12H,3-6H2,1-2H3,(H,20,21). The average Bonchev–Trinajstić information content (AvgIpc) is 2.55. The molecule has 22 heavy (non-hydrogen) atoms. The van der Waals surface area contributed by atoms with Gasteiger partial charge >= 0.3 is 0 Å². The number of nitrogens with zero attached hydrogens (tertiary/aromatic N) is 2. The molecule has 2 rings (SSSR count). The van der Waals surface area contributed by atoms with Gasteiger partial charge in [-0.25, -0.2) is 9.97 Å². The van der Waals surface area contributed by atoms with Gasteiger partial charge in [0.15, 0.2) is 0 Å². The van der Waals surface area contributed by atoms with E-state index in [1.54, 1.807) is 0 Å². The second-order valence-electron chi connectivity index (χ2n) is 4.93. The normalized spacial score (nSPS) is 10.3. The van der Waals surface area contributed by atoms with Crippen LogP contribution in [0.5, 0.6) is 5.88 Å². The number of hydrogen-bond donors (Lipinski definition) is 1. The predicted molar refractivity (Wildman–Crippen MR) is 86.2 cm³/mol. The fraction of sp³-hybridized carbons (Fsp3) is 0.353. The van der Waals surface area contributed by atoms with Crippen molar-refractivity contribution in [3.05, 3.63) is 47.9 Å². The van der Waals surface area contributed by atoms with Crippen molar-refractivity contribution in [2.45, 2.75) is 33.1 Å². The molecule has 0 fully saturated rings. The summed E-state index contributed by atoms with van der Waals surface area (Å²) in [5.74, 6) is 0.127. The number of anilines is 1. The van der Waals surface area contributed by atoms with Crippen molar-refractivity contribution in [2.75, 3.05) is 11.9 Å². The molecule has 0 aliphatic rings. The summed E-state index contributed by atoms with van der Waals surface area (Å²) < 4.78 is 5.27. The molecule has 116 valence electrons. The third-order valence-corrected chi connectivity index (χ3v) is 3.20. The van der Waals surface area contributed by atoms with Gasteiger partial charge in [-0.2, -0.15) is 0 Å². The molecule has 1 amide bonds. The number of nitrogens with one attached hydrogen (secondary N) is 1. The van der Waals surface area contributed by atoms with Crippen LogP contribution in [0.3, 0.4) is 0 Å². The van der Waals surface area contributed by atoms with Crippen LogP contribution in [0.2, 0.25) is 0 Å². The van der Waals surface area contributed by atoms with E-state index in [0.717, 1.165) is 12.1 Å². The Morgan fingerprint density at radius 2 is 1.95 bits per heavy atom. The molecule has 5 heteroatoms. The highest BCUT2D eigenvalue weighted by molar-refractivity contribution is 6.02. The molecular weight excluding hydrogens is 278 g/mol. The molecule has 1 N–H and O–H groups in total. The Balaban J connectivity index is 2.00. The topological polar surface area (TPSA) is 64.1 Å². The van der Waals surface area contributed by atoms with Gasteiger partial charge in [-0.1, -0.05) is 25.5 Å². The molecule has 5 nitrogen and oxygen atoms in total. The smallest absolute Gasteiger partial charge is 0.274 e. The molecule has 0 aliphatic heterocycles. The van der Waals surface area contributed by atoms with Crippen LogP contribution in [-0.4, -0.2) is 22.5 Å². The molecule has 0 spiro atoms. The van der Waals surface area contributed by atoms with E-state index in [0.29, 0.717) is 12.5 Å². The van der Waals surface area contributed by atoms with E-state index in [1.165, 1.54) is 30.8 Å². The van der Waals surface area contributed by atoms with E-state index in [-0.39, 0.29) is 11.6 Å². The molecule has 0 bridgehead atoms. The molecule has 0 saturated heterocycles. The van der Waals surface area contributed by atoms with Crippen LogP contribution in [0.4, 0.5) is 5.69 Å². The van der Waals surface area contributed by atoms with Gasteiger partial charge < -0.3 is 10.1 Å². The maximum absolute atomic E-state index is 12.2. The first-order valence-corrected chi connectivity index (χ1v) is 7.58. The molecular formula is C17H21N3O2. The summed E-state index contributed by atoms with van der Waals surface area (Å²) in [6.45, 7) is 4.53. The van der Waals surface area contributed by atoms with Crippen molar-refractivity contribution in [2.24, 2.45) is 0 Å². The first-order valence-electron chi connectivity index (χ1n) is 7.58. The predicted octanol–water partition coefficient (Wildman–Crippen LogP) is 3.47. The largest absolute Gasteiger partial charge is 0.478 e. The minimum absolute atomic E-state index is 0.273. The van der Waals surface area contributed by atoms with Gasteiger partial charge in [0.1, 0.15) is 12.0 Å². The lowest BCUT2D eigenvalue weighted by Crippen LogP contribution is -2.14. The van der Waals surface area contributed by atoms with Gasteiger partial charge in [0.2, 0.25) is 5.88 Å². The Morgan fingerprint density at radius 3 is 2.64 bits per heavy atom. The minimum atomic E-state index is -0.273. The number of unbranched alkanes of at least 4 members (excludes halogenated alkanes) is 1. The first kappa shape index (κ1) is 15.9. The van der Waals surface area contributed by atoms with Crippen molar-refractivity contribution in [1.29, 1.82) is 0 Å². The van der Waals surface area contributed by atoms with Gasteiger partial charge in [-0.15, -0.1) is 0 Å². The highest BCUT2D eigenvalue weighted by atomic mass is 16.5. The zero-order valence-corrected chi connectivity index (χ0v) is 13.0. The summed E-state index contributed by atoms with van der Waals surface area (Å²) in [5.41, 5.74) is 2.32. The number of aromatic nitrogens is 2. The van der Waals surface area contributed by atoms with Crippen molar-refractivity contribution < 1.29 is 9.53 Å². The fourth-order valence-corrected chi connectivity index (χ4v) is 2.02. The maximum atomic E-state index is 12.2. The first-order chi connectivity index (χ1) is 10.7. The lowest BCUT2D eigenvalue weighted by Gasteiger charge is -2.07. The quantitative estimate of drug-likeness (QED) is 0.850. The summed E-state index contributed by atoms with van der Waals surface area (Å²) in [6.07, 6.45) is 4.74. The Bertz CT molecular complexity index is 612. The fourth-order valence-electron chi connectivity index (χ4n) is 2.02. The van der Waals surface area contributed by atoms with Crippen LogP contribution >= 0.6 is 0 Å². The van der Waals surface area contributed by atoms with E-state index in [1.807, 2.05) is 31.2 Å². The van der Waals surface area contributed by atoms with Crippen LogP contribution in [0.1, 0.15) is 42.7 Å². The molecule has 0 atom stereocenters. The Labute approximate surface area is 130 Å². The zero-order chi connectivity index (χ0) is 15.8. The van der Waals surface area contributed by atoms with Gasteiger partial charge in [-0.05, 0) is 37.5 Å². The lowest BCUT2D eigenvalue weighted by molar-refractivity contribution is 0.102. The molecule has 1 aromatic carbocycles. The van der Waals surface area contributed by atoms with E-state index in [2.05, 4.69) is 22.2 Å². The number of aryl methyl sites for hydroxylation is 1. The summed E-state index contributed by atoms with van der Waals surface area (Å²) in [7, 11) is 0. The highest BCUT2D eigenvalue weighted by Gasteiger charge is 2.09. The Kier molecular flexibility index (Phi) is 5.89.